The van der Waals surface area contributed by atoms with E-state index in [0.717, 1.165) is 5.56 Å². The molecule has 0 radical (unpaired) electrons. The van der Waals surface area contributed by atoms with Crippen LogP contribution in [0.3, 0.4) is 0 Å². The van der Waals surface area contributed by atoms with Crippen molar-refractivity contribution in [3.8, 4) is 5.75 Å². The number of allylic oxidation sites excluding steroid dienone is 1. The normalized spacial score (nSPS) is 14.9. The highest BCUT2D eigenvalue weighted by Gasteiger charge is 2.26. The van der Waals surface area contributed by atoms with Gasteiger partial charge in [-0.3, -0.25) is 4.79 Å². The zero-order valence-electron chi connectivity index (χ0n) is 16.0. The fourth-order valence-electron chi connectivity index (χ4n) is 2.96. The van der Waals surface area contributed by atoms with Gasteiger partial charge < -0.3 is 14.8 Å². The molecule has 8 heteroatoms. The van der Waals surface area contributed by atoms with Gasteiger partial charge in [0.25, 0.3) is 5.91 Å². The number of para-hydroxylation sites is 1. The third-order valence-electron chi connectivity index (χ3n) is 4.44. The molecule has 0 spiro atoms. The van der Waals surface area contributed by atoms with Crippen LogP contribution in [0.1, 0.15) is 5.56 Å². The lowest BCUT2D eigenvalue weighted by Gasteiger charge is -2.26. The minimum absolute atomic E-state index is 0.151. The Labute approximate surface area is 171 Å². The molecular weight excluding hydrogens is 392 g/mol. The summed E-state index contributed by atoms with van der Waals surface area (Å²) in [4.78, 5) is 12.4. The van der Waals surface area contributed by atoms with E-state index in [1.54, 1.807) is 24.3 Å². The average Bonchev–Trinajstić information content (AvgIpc) is 2.74. The zero-order chi connectivity index (χ0) is 20.7. The van der Waals surface area contributed by atoms with Crippen molar-refractivity contribution in [2.24, 2.45) is 0 Å². The number of anilines is 1. The summed E-state index contributed by atoms with van der Waals surface area (Å²) >= 11 is 0. The Morgan fingerprint density at radius 2 is 1.83 bits per heavy atom. The van der Waals surface area contributed by atoms with Crippen molar-refractivity contribution in [2.45, 2.75) is 11.3 Å². The monoisotopic (exact) mass is 416 g/mol. The van der Waals surface area contributed by atoms with Gasteiger partial charge in [-0.15, -0.1) is 6.58 Å². The highest BCUT2D eigenvalue weighted by atomic mass is 32.2. The molecule has 0 unspecified atom stereocenters. The van der Waals surface area contributed by atoms with Crippen LogP contribution >= 0.6 is 0 Å². The maximum Gasteiger partial charge on any atom is 0.262 e. The van der Waals surface area contributed by atoms with Crippen molar-refractivity contribution < 1.29 is 22.7 Å². The number of hydrogen-bond donors (Lipinski definition) is 1. The number of hydrogen-bond acceptors (Lipinski definition) is 5. The molecule has 1 N–H and O–H groups in total. The van der Waals surface area contributed by atoms with Crippen LogP contribution in [-0.4, -0.2) is 51.5 Å². The van der Waals surface area contributed by atoms with Crippen molar-refractivity contribution in [3.05, 3.63) is 66.7 Å². The highest BCUT2D eigenvalue weighted by molar-refractivity contribution is 7.89. The number of benzene rings is 2. The summed E-state index contributed by atoms with van der Waals surface area (Å²) in [6.45, 7) is 5.03. The van der Waals surface area contributed by atoms with Gasteiger partial charge in [0.2, 0.25) is 10.0 Å². The summed E-state index contributed by atoms with van der Waals surface area (Å²) in [6, 6.07) is 13.6. The van der Waals surface area contributed by atoms with Crippen LogP contribution in [0.25, 0.3) is 0 Å². The maximum atomic E-state index is 12.6. The highest BCUT2D eigenvalue weighted by Crippen LogP contribution is 2.20. The molecule has 7 nitrogen and oxygen atoms in total. The van der Waals surface area contributed by atoms with E-state index in [0.29, 0.717) is 44.2 Å². The third kappa shape index (κ3) is 5.44. The molecule has 1 amide bonds. The standard InChI is InChI=1S/C21H24N2O5S/c1-2-5-17-6-3-4-7-20(17)28-16-21(24)22-18-8-10-19(11-9-18)29(25,26)23-12-14-27-15-13-23/h2-4,6-11H,1,5,12-16H2,(H,22,24). The van der Waals surface area contributed by atoms with Gasteiger partial charge in [0.15, 0.2) is 6.61 Å². The van der Waals surface area contributed by atoms with Crippen LogP contribution in [0.4, 0.5) is 5.69 Å². The minimum Gasteiger partial charge on any atom is -0.483 e. The van der Waals surface area contributed by atoms with E-state index in [4.69, 9.17) is 9.47 Å². The Morgan fingerprint density at radius 3 is 2.52 bits per heavy atom. The second kappa shape index (κ2) is 9.69. The van der Waals surface area contributed by atoms with E-state index in [9.17, 15) is 13.2 Å². The van der Waals surface area contributed by atoms with Crippen molar-refractivity contribution in [3.63, 3.8) is 0 Å². The first kappa shape index (κ1) is 21.0. The van der Waals surface area contributed by atoms with Crippen molar-refractivity contribution in [2.75, 3.05) is 38.2 Å². The van der Waals surface area contributed by atoms with Gasteiger partial charge in [-0.05, 0) is 42.3 Å². The van der Waals surface area contributed by atoms with Gasteiger partial charge in [0, 0.05) is 18.8 Å². The van der Waals surface area contributed by atoms with Crippen LogP contribution in [0.5, 0.6) is 5.75 Å². The summed E-state index contributed by atoms with van der Waals surface area (Å²) in [6.07, 6.45) is 2.42. The molecule has 1 heterocycles. The molecule has 1 aliphatic heterocycles. The smallest absolute Gasteiger partial charge is 0.262 e. The molecule has 0 bridgehead atoms. The van der Waals surface area contributed by atoms with Gasteiger partial charge >= 0.3 is 0 Å². The van der Waals surface area contributed by atoms with Crippen LogP contribution in [-0.2, 0) is 26.0 Å². The van der Waals surface area contributed by atoms with Crippen molar-refractivity contribution in [1.82, 2.24) is 4.31 Å². The Morgan fingerprint density at radius 1 is 1.14 bits per heavy atom. The summed E-state index contributed by atoms with van der Waals surface area (Å²) in [5, 5.41) is 2.71. The lowest BCUT2D eigenvalue weighted by atomic mass is 10.1. The quantitative estimate of drug-likeness (QED) is 0.668. The lowest BCUT2D eigenvalue weighted by molar-refractivity contribution is -0.118. The summed E-state index contributed by atoms with van der Waals surface area (Å²) in [5.74, 6) is 0.302. The number of nitrogens with one attached hydrogen (secondary N) is 1. The number of carbonyl (C=O) groups excluding carboxylic acids is 1. The molecule has 1 fully saturated rings. The molecule has 0 aliphatic carbocycles. The summed E-state index contributed by atoms with van der Waals surface area (Å²) in [7, 11) is -3.56. The van der Waals surface area contributed by atoms with Crippen LogP contribution < -0.4 is 10.1 Å². The number of sulfonamides is 1. The Balaban J connectivity index is 1.58. The van der Waals surface area contributed by atoms with E-state index in [1.807, 2.05) is 18.2 Å². The number of carbonyl (C=O) groups is 1. The molecule has 3 rings (SSSR count). The van der Waals surface area contributed by atoms with Crippen LogP contribution in [0.15, 0.2) is 66.1 Å². The number of ether oxygens (including phenoxy) is 2. The van der Waals surface area contributed by atoms with Crippen LogP contribution in [0.2, 0.25) is 0 Å². The van der Waals surface area contributed by atoms with Crippen molar-refractivity contribution >= 4 is 21.6 Å². The first-order valence-corrected chi connectivity index (χ1v) is 10.7. The molecule has 0 saturated carbocycles. The summed E-state index contributed by atoms with van der Waals surface area (Å²) < 4.78 is 37.4. The first-order valence-electron chi connectivity index (χ1n) is 9.30. The second-order valence-electron chi connectivity index (χ2n) is 6.48. The average molecular weight is 416 g/mol. The molecule has 154 valence electrons. The predicted molar refractivity (Wildman–Crippen MR) is 110 cm³/mol. The van der Waals surface area contributed by atoms with Gasteiger partial charge in [-0.1, -0.05) is 24.3 Å². The van der Waals surface area contributed by atoms with Crippen molar-refractivity contribution in [1.29, 1.82) is 0 Å². The van der Waals surface area contributed by atoms with E-state index < -0.39 is 10.0 Å². The topological polar surface area (TPSA) is 84.9 Å². The molecule has 2 aromatic rings. The lowest BCUT2D eigenvalue weighted by Crippen LogP contribution is -2.40. The number of rotatable bonds is 8. The summed E-state index contributed by atoms with van der Waals surface area (Å²) in [5.41, 5.74) is 1.45. The number of morpholine rings is 1. The van der Waals surface area contributed by atoms with Gasteiger partial charge in [0.05, 0.1) is 18.1 Å². The third-order valence-corrected chi connectivity index (χ3v) is 6.35. The molecule has 0 atom stereocenters. The van der Waals surface area contributed by atoms with Gasteiger partial charge in [-0.25, -0.2) is 8.42 Å². The molecule has 1 aliphatic rings. The van der Waals surface area contributed by atoms with E-state index >= 15 is 0 Å². The fourth-order valence-corrected chi connectivity index (χ4v) is 4.36. The number of nitrogens with zero attached hydrogens (tertiary/aromatic N) is 1. The maximum absolute atomic E-state index is 12.6. The predicted octanol–water partition coefficient (Wildman–Crippen LogP) is 2.45. The van der Waals surface area contributed by atoms with Crippen LogP contribution in [0, 0.1) is 0 Å². The molecule has 0 aromatic heterocycles. The molecule has 2 aromatic carbocycles. The van der Waals surface area contributed by atoms with E-state index in [-0.39, 0.29) is 17.4 Å². The molecule has 1 saturated heterocycles. The number of amides is 1. The fraction of sp³-hybridized carbons (Fsp3) is 0.286. The van der Waals surface area contributed by atoms with Gasteiger partial charge in [-0.2, -0.15) is 4.31 Å². The minimum atomic E-state index is -3.56. The second-order valence-corrected chi connectivity index (χ2v) is 8.42. The SMILES string of the molecule is C=CCc1ccccc1OCC(=O)Nc1ccc(S(=O)(=O)N2CCOCC2)cc1. The Kier molecular flexibility index (Phi) is 7.03. The molecule has 29 heavy (non-hydrogen) atoms. The first-order chi connectivity index (χ1) is 14.0. The Hall–Kier alpha value is -2.68. The van der Waals surface area contributed by atoms with Gasteiger partial charge in [0.1, 0.15) is 5.75 Å². The Bertz CT molecular complexity index is 951. The van der Waals surface area contributed by atoms with E-state index in [1.165, 1.54) is 16.4 Å². The zero-order valence-corrected chi connectivity index (χ0v) is 16.9. The van der Waals surface area contributed by atoms with E-state index in [2.05, 4.69) is 11.9 Å². The molecular formula is C21H24N2O5S. The largest absolute Gasteiger partial charge is 0.483 e.